The van der Waals surface area contributed by atoms with Gasteiger partial charge in [0.15, 0.2) is 0 Å². The molecule has 2 aromatic rings. The highest BCUT2D eigenvalue weighted by Gasteiger charge is 2.14. The molecule has 1 nitrogen and oxygen atoms in total. The maximum atomic E-state index is 6.07. The number of rotatable bonds is 4. The van der Waals surface area contributed by atoms with Crippen LogP contribution in [0.5, 0.6) is 0 Å². The van der Waals surface area contributed by atoms with Crippen LogP contribution in [0, 0.1) is 0 Å². The number of nitrogens with one attached hydrogen (secondary N) is 1. The zero-order chi connectivity index (χ0) is 13.1. The highest BCUT2D eigenvalue weighted by molar-refractivity contribution is 9.11. The number of hydrogen-bond donors (Lipinski definition) is 1. The molecule has 5 heteroatoms. The summed E-state index contributed by atoms with van der Waals surface area (Å²) in [5.74, 6) is 0. The lowest BCUT2D eigenvalue weighted by molar-refractivity contribution is 0.594. The largest absolute Gasteiger partial charge is 0.313 e. The van der Waals surface area contributed by atoms with Crippen molar-refractivity contribution < 1.29 is 0 Å². The van der Waals surface area contributed by atoms with Crippen molar-refractivity contribution in [3.8, 4) is 0 Å². The van der Waals surface area contributed by atoms with Crippen molar-refractivity contribution in [1.29, 1.82) is 0 Å². The molecule has 0 bridgehead atoms. The first kappa shape index (κ1) is 14.5. The van der Waals surface area contributed by atoms with Gasteiger partial charge in [-0.05, 0) is 58.9 Å². The molecule has 1 aromatic heterocycles. The summed E-state index contributed by atoms with van der Waals surface area (Å²) in [4.78, 5) is 1.34. The fourth-order valence-corrected chi connectivity index (χ4v) is 4.04. The fraction of sp³-hybridized carbons (Fsp3) is 0.231. The van der Waals surface area contributed by atoms with Crippen LogP contribution in [0.15, 0.2) is 38.6 Å². The molecule has 96 valence electrons. The zero-order valence-electron chi connectivity index (χ0n) is 9.71. The Morgan fingerprint density at radius 3 is 2.67 bits per heavy atom. The van der Waals surface area contributed by atoms with Gasteiger partial charge in [-0.15, -0.1) is 11.3 Å². The van der Waals surface area contributed by atoms with Crippen LogP contribution in [0.3, 0.4) is 0 Å². The third kappa shape index (κ3) is 3.58. The third-order valence-corrected chi connectivity index (χ3v) is 5.32. The molecule has 0 saturated heterocycles. The predicted molar refractivity (Wildman–Crippen MR) is 86.7 cm³/mol. The van der Waals surface area contributed by atoms with Crippen LogP contribution in [0.2, 0.25) is 5.02 Å². The maximum absolute atomic E-state index is 6.07. The lowest BCUT2D eigenvalue weighted by Crippen LogP contribution is -2.18. The first-order valence-electron chi connectivity index (χ1n) is 5.46. The van der Waals surface area contributed by atoms with Gasteiger partial charge in [0.1, 0.15) is 0 Å². The molecule has 0 saturated carbocycles. The predicted octanol–water partition coefficient (Wildman–Crippen LogP) is 5.43. The minimum atomic E-state index is 0.253. The molecule has 0 aliphatic rings. The average Bonchev–Trinajstić information content (AvgIpc) is 2.75. The first-order chi connectivity index (χ1) is 8.60. The van der Waals surface area contributed by atoms with Crippen molar-refractivity contribution in [3.05, 3.63) is 54.1 Å². The summed E-state index contributed by atoms with van der Waals surface area (Å²) in [5, 5.41) is 4.11. The Bertz CT molecular complexity index is 542. The Kier molecular flexibility index (Phi) is 5.27. The Morgan fingerprint density at radius 1 is 1.28 bits per heavy atom. The quantitative estimate of drug-likeness (QED) is 0.710. The van der Waals surface area contributed by atoms with Gasteiger partial charge in [0.2, 0.25) is 0 Å². The summed E-state index contributed by atoms with van der Waals surface area (Å²) in [6, 6.07) is 10.4. The first-order valence-corrected chi connectivity index (χ1v) is 8.24. The Balaban J connectivity index is 2.25. The number of halogens is 3. The van der Waals surface area contributed by atoms with Crippen molar-refractivity contribution in [1.82, 2.24) is 5.32 Å². The summed E-state index contributed by atoms with van der Waals surface area (Å²) in [7, 11) is 1.97. The maximum Gasteiger partial charge on any atom is 0.0701 e. The average molecular weight is 410 g/mol. The molecule has 1 aromatic carbocycles. The normalized spacial score (nSPS) is 12.7. The van der Waals surface area contributed by atoms with E-state index in [1.807, 2.05) is 25.2 Å². The second-order valence-corrected chi connectivity index (χ2v) is 7.76. The van der Waals surface area contributed by atoms with Gasteiger partial charge in [-0.2, -0.15) is 0 Å². The highest BCUT2D eigenvalue weighted by atomic mass is 79.9. The molecular weight excluding hydrogens is 397 g/mol. The van der Waals surface area contributed by atoms with Crippen LogP contribution in [-0.4, -0.2) is 7.05 Å². The molecule has 18 heavy (non-hydrogen) atoms. The smallest absolute Gasteiger partial charge is 0.0701 e. The van der Waals surface area contributed by atoms with E-state index in [0.717, 1.165) is 19.7 Å². The fourth-order valence-electron chi connectivity index (χ4n) is 1.81. The molecule has 1 N–H and O–H groups in total. The number of likely N-dealkylation sites (N-methyl/N-ethyl adjacent to an activating group) is 1. The van der Waals surface area contributed by atoms with Crippen molar-refractivity contribution in [2.45, 2.75) is 12.5 Å². The molecule has 1 heterocycles. The van der Waals surface area contributed by atoms with Crippen molar-refractivity contribution >= 4 is 54.8 Å². The molecule has 0 amide bonds. The van der Waals surface area contributed by atoms with Gasteiger partial charge in [-0.3, -0.25) is 0 Å². The second-order valence-electron chi connectivity index (χ2n) is 3.92. The van der Waals surface area contributed by atoms with Gasteiger partial charge in [-0.25, -0.2) is 0 Å². The SMILES string of the molecule is CNC(Cc1ccc(Br)s1)c1cc(Cl)ccc1Br. The van der Waals surface area contributed by atoms with Gasteiger partial charge in [0.05, 0.1) is 3.79 Å². The molecule has 0 aliphatic carbocycles. The van der Waals surface area contributed by atoms with Crippen LogP contribution in [-0.2, 0) is 6.42 Å². The van der Waals surface area contributed by atoms with Gasteiger partial charge in [-0.1, -0.05) is 27.5 Å². The highest BCUT2D eigenvalue weighted by Crippen LogP contribution is 2.31. The van der Waals surface area contributed by atoms with Crippen molar-refractivity contribution in [2.24, 2.45) is 0 Å². The molecule has 0 aliphatic heterocycles. The van der Waals surface area contributed by atoms with E-state index >= 15 is 0 Å². The van der Waals surface area contributed by atoms with Crippen LogP contribution in [0.4, 0.5) is 0 Å². The molecule has 1 unspecified atom stereocenters. The lowest BCUT2D eigenvalue weighted by atomic mass is 10.0. The van der Waals surface area contributed by atoms with Crippen molar-refractivity contribution in [3.63, 3.8) is 0 Å². The minimum absolute atomic E-state index is 0.253. The summed E-state index contributed by atoms with van der Waals surface area (Å²) >= 11 is 14.9. The monoisotopic (exact) mass is 407 g/mol. The van der Waals surface area contributed by atoms with Gasteiger partial charge >= 0.3 is 0 Å². The van der Waals surface area contributed by atoms with Crippen LogP contribution in [0.25, 0.3) is 0 Å². The molecule has 0 spiro atoms. The van der Waals surface area contributed by atoms with Crippen LogP contribution >= 0.6 is 54.8 Å². The molecular formula is C13H12Br2ClNS. The molecule has 1 atom stereocenters. The number of benzene rings is 1. The summed E-state index contributed by atoms with van der Waals surface area (Å²) in [5.41, 5.74) is 1.19. The van der Waals surface area contributed by atoms with Gasteiger partial charge < -0.3 is 5.32 Å². The van der Waals surface area contributed by atoms with E-state index in [1.165, 1.54) is 10.4 Å². The number of thiophene rings is 1. The Labute approximate surface area is 133 Å². The van der Waals surface area contributed by atoms with E-state index in [4.69, 9.17) is 11.6 Å². The molecule has 2 rings (SSSR count). The van der Waals surface area contributed by atoms with E-state index in [-0.39, 0.29) is 6.04 Å². The number of hydrogen-bond acceptors (Lipinski definition) is 2. The van der Waals surface area contributed by atoms with E-state index < -0.39 is 0 Å². The Morgan fingerprint density at radius 2 is 2.06 bits per heavy atom. The zero-order valence-corrected chi connectivity index (χ0v) is 14.5. The van der Waals surface area contributed by atoms with E-state index in [9.17, 15) is 0 Å². The van der Waals surface area contributed by atoms with Gasteiger partial charge in [0, 0.05) is 26.8 Å². The summed E-state index contributed by atoms with van der Waals surface area (Å²) in [6.45, 7) is 0. The topological polar surface area (TPSA) is 12.0 Å². The van der Waals surface area contributed by atoms with E-state index in [2.05, 4.69) is 49.3 Å². The minimum Gasteiger partial charge on any atom is -0.313 e. The van der Waals surface area contributed by atoms with E-state index in [0.29, 0.717) is 0 Å². The standard InChI is InChI=1S/C13H12Br2ClNS/c1-17-12(7-9-3-5-13(15)18-9)10-6-8(16)2-4-11(10)14/h2-6,12,17H,7H2,1H3. The molecule has 0 radical (unpaired) electrons. The van der Waals surface area contributed by atoms with Gasteiger partial charge in [0.25, 0.3) is 0 Å². The summed E-state index contributed by atoms with van der Waals surface area (Å²) in [6.07, 6.45) is 0.950. The second kappa shape index (κ2) is 6.53. The summed E-state index contributed by atoms with van der Waals surface area (Å²) < 4.78 is 2.25. The Hall–Kier alpha value is 0.130. The third-order valence-electron chi connectivity index (χ3n) is 2.72. The van der Waals surface area contributed by atoms with Crippen LogP contribution < -0.4 is 5.32 Å². The van der Waals surface area contributed by atoms with Crippen molar-refractivity contribution in [2.75, 3.05) is 7.05 Å². The van der Waals surface area contributed by atoms with E-state index in [1.54, 1.807) is 11.3 Å². The lowest BCUT2D eigenvalue weighted by Gasteiger charge is -2.17. The molecule has 0 fully saturated rings. The van der Waals surface area contributed by atoms with Crippen LogP contribution in [0.1, 0.15) is 16.5 Å².